The van der Waals surface area contributed by atoms with E-state index in [-0.39, 0.29) is 17.9 Å². The third-order valence-corrected chi connectivity index (χ3v) is 6.07. The van der Waals surface area contributed by atoms with Crippen molar-refractivity contribution in [2.75, 3.05) is 0 Å². The number of benzene rings is 1. The maximum Gasteiger partial charge on any atom is 0.330 e. The van der Waals surface area contributed by atoms with E-state index in [2.05, 4.69) is 5.32 Å². The second-order valence-electron chi connectivity index (χ2n) is 6.86. The molecule has 0 radical (unpaired) electrons. The molecule has 1 N–H and O–H groups in total. The Morgan fingerprint density at radius 2 is 1.88 bits per heavy atom. The molecule has 8 heteroatoms. The first-order chi connectivity index (χ1) is 12.2. The van der Waals surface area contributed by atoms with Gasteiger partial charge in [0.1, 0.15) is 24.1 Å². The minimum absolute atomic E-state index is 0.133. The summed E-state index contributed by atoms with van der Waals surface area (Å²) in [6.45, 7) is 5.00. The fraction of sp³-hybridized carbons (Fsp3) is 0.444. The smallest absolute Gasteiger partial charge is 0.330 e. The van der Waals surface area contributed by atoms with E-state index >= 15 is 0 Å². The molecule has 1 aromatic rings. The lowest BCUT2D eigenvalue weighted by Gasteiger charge is -2.43. The van der Waals surface area contributed by atoms with Crippen molar-refractivity contribution in [1.29, 1.82) is 0 Å². The second kappa shape index (κ2) is 6.75. The molecule has 0 bridgehead atoms. The van der Waals surface area contributed by atoms with E-state index in [1.165, 1.54) is 16.7 Å². The van der Waals surface area contributed by atoms with Gasteiger partial charge in [-0.1, -0.05) is 30.3 Å². The fourth-order valence-electron chi connectivity index (χ4n) is 3.18. The number of carbonyl (C=O) groups is 4. The van der Waals surface area contributed by atoms with Crippen LogP contribution in [0.15, 0.2) is 30.3 Å². The minimum atomic E-state index is -0.795. The van der Waals surface area contributed by atoms with E-state index in [0.717, 1.165) is 12.5 Å². The first kappa shape index (κ1) is 18.4. The van der Waals surface area contributed by atoms with Crippen LogP contribution >= 0.6 is 11.8 Å². The Hall–Kier alpha value is -2.35. The van der Waals surface area contributed by atoms with Crippen LogP contribution in [0, 0.1) is 0 Å². The van der Waals surface area contributed by atoms with Gasteiger partial charge in [0.15, 0.2) is 0 Å². The van der Waals surface area contributed by atoms with Gasteiger partial charge < -0.3 is 15.0 Å². The van der Waals surface area contributed by atoms with Gasteiger partial charge >= 0.3 is 5.97 Å². The molecule has 3 rings (SSSR count). The van der Waals surface area contributed by atoms with Crippen LogP contribution < -0.4 is 5.32 Å². The van der Waals surface area contributed by atoms with Gasteiger partial charge in [0.05, 0.1) is 0 Å². The number of carbonyl (C=O) groups excluding carboxylic acids is 4. The van der Waals surface area contributed by atoms with Crippen molar-refractivity contribution in [1.82, 2.24) is 10.2 Å². The number of ether oxygens (including phenoxy) is 1. The molecule has 0 unspecified atom stereocenters. The molecule has 0 aliphatic carbocycles. The van der Waals surface area contributed by atoms with Gasteiger partial charge in [0, 0.05) is 11.7 Å². The summed E-state index contributed by atoms with van der Waals surface area (Å²) in [5, 5.41) is 2.06. The van der Waals surface area contributed by atoms with E-state index in [1.807, 2.05) is 44.2 Å². The highest BCUT2D eigenvalue weighted by Crippen LogP contribution is 2.51. The highest BCUT2D eigenvalue weighted by atomic mass is 32.2. The summed E-state index contributed by atoms with van der Waals surface area (Å²) in [5.41, 5.74) is 0.863. The molecule has 7 nitrogen and oxygen atoms in total. The van der Waals surface area contributed by atoms with Crippen LogP contribution in [0.5, 0.6) is 0 Å². The molecule has 2 heterocycles. The first-order valence-electron chi connectivity index (χ1n) is 8.24. The molecule has 2 fully saturated rings. The number of Topliss-reactive ketones (excluding diaryl/α,β-unsaturated/α-hetero) is 1. The lowest BCUT2D eigenvalue weighted by atomic mass is 9.96. The Labute approximate surface area is 155 Å². The maximum absolute atomic E-state index is 12.6. The molecule has 2 aliphatic rings. The van der Waals surface area contributed by atoms with Gasteiger partial charge in [-0.15, -0.1) is 11.8 Å². The lowest BCUT2D eigenvalue weighted by molar-refractivity contribution is -0.165. The van der Waals surface area contributed by atoms with Crippen molar-refractivity contribution >= 4 is 35.3 Å². The van der Waals surface area contributed by atoms with E-state index in [1.54, 1.807) is 0 Å². The zero-order valence-electron chi connectivity index (χ0n) is 14.7. The number of ketones is 1. The van der Waals surface area contributed by atoms with Crippen molar-refractivity contribution in [3.8, 4) is 0 Å². The molecule has 3 atom stereocenters. The van der Waals surface area contributed by atoms with Crippen LogP contribution in [0.4, 0.5) is 0 Å². The SMILES string of the molecule is CC(=O)C(=O)N[C@@H]1C(=O)N2[C@@H]1SC(C)(C)[C@@H]2C(=O)OCc1ccccc1. The summed E-state index contributed by atoms with van der Waals surface area (Å²) < 4.78 is 4.85. The molecular weight excluding hydrogens is 356 g/mol. The minimum Gasteiger partial charge on any atom is -0.459 e. The summed E-state index contributed by atoms with van der Waals surface area (Å²) in [4.78, 5) is 49.2. The van der Waals surface area contributed by atoms with Crippen LogP contribution in [-0.2, 0) is 30.5 Å². The lowest BCUT2D eigenvalue weighted by Crippen LogP contribution is -2.71. The first-order valence-corrected chi connectivity index (χ1v) is 9.12. The van der Waals surface area contributed by atoms with Crippen molar-refractivity contribution in [3.63, 3.8) is 0 Å². The van der Waals surface area contributed by atoms with E-state index < -0.39 is 34.5 Å². The van der Waals surface area contributed by atoms with Crippen molar-refractivity contribution in [2.45, 2.75) is 49.6 Å². The molecule has 2 saturated heterocycles. The van der Waals surface area contributed by atoms with Gasteiger partial charge in [-0.25, -0.2) is 4.79 Å². The molecule has 138 valence electrons. The van der Waals surface area contributed by atoms with Gasteiger partial charge in [-0.3, -0.25) is 14.4 Å². The average molecular weight is 376 g/mol. The topological polar surface area (TPSA) is 92.8 Å². The molecule has 0 spiro atoms. The molecule has 0 aromatic heterocycles. The van der Waals surface area contributed by atoms with Crippen LogP contribution in [0.1, 0.15) is 26.3 Å². The molecular formula is C18H20N2O5S. The number of amides is 2. The average Bonchev–Trinajstić information content (AvgIpc) is 2.86. The fourth-order valence-corrected chi connectivity index (χ4v) is 4.80. The predicted octanol–water partition coefficient (Wildman–Crippen LogP) is 0.866. The third kappa shape index (κ3) is 3.21. The quantitative estimate of drug-likeness (QED) is 0.466. The Balaban J connectivity index is 1.69. The maximum atomic E-state index is 12.6. The Bertz CT molecular complexity index is 764. The summed E-state index contributed by atoms with van der Waals surface area (Å²) in [6, 6.07) is 7.77. The predicted molar refractivity (Wildman–Crippen MR) is 94.9 cm³/mol. The summed E-state index contributed by atoms with van der Waals surface area (Å²) in [6.07, 6.45) is 0. The highest BCUT2D eigenvalue weighted by molar-refractivity contribution is 8.01. The van der Waals surface area contributed by atoms with Crippen molar-refractivity contribution < 1.29 is 23.9 Å². The van der Waals surface area contributed by atoms with Crippen molar-refractivity contribution in [3.05, 3.63) is 35.9 Å². The standard InChI is InChI=1S/C18H20N2O5S/c1-10(21)14(22)19-12-15(23)20-13(18(2,3)26-16(12)20)17(24)25-9-11-7-5-4-6-8-11/h4-8,12-13,16H,9H2,1-3H3,(H,19,22)/t12-,13+,16-/m1/s1. The number of rotatable bonds is 5. The van der Waals surface area contributed by atoms with Gasteiger partial charge in [-0.2, -0.15) is 0 Å². The van der Waals surface area contributed by atoms with Crippen molar-refractivity contribution in [2.24, 2.45) is 0 Å². The number of hydrogen-bond acceptors (Lipinski definition) is 6. The Morgan fingerprint density at radius 3 is 2.50 bits per heavy atom. The van der Waals surface area contributed by atoms with Crippen LogP contribution in [0.25, 0.3) is 0 Å². The number of esters is 1. The zero-order valence-corrected chi connectivity index (χ0v) is 15.5. The highest BCUT2D eigenvalue weighted by Gasteiger charge is 2.64. The molecule has 26 heavy (non-hydrogen) atoms. The summed E-state index contributed by atoms with van der Waals surface area (Å²) in [7, 11) is 0. The number of thioether (sulfide) groups is 1. The van der Waals surface area contributed by atoms with Crippen LogP contribution in [-0.4, -0.2) is 50.7 Å². The second-order valence-corrected chi connectivity index (χ2v) is 8.63. The number of nitrogens with zero attached hydrogens (tertiary/aromatic N) is 1. The van der Waals surface area contributed by atoms with Gasteiger partial charge in [0.25, 0.3) is 5.91 Å². The number of nitrogens with one attached hydrogen (secondary N) is 1. The van der Waals surface area contributed by atoms with E-state index in [0.29, 0.717) is 0 Å². The Morgan fingerprint density at radius 1 is 1.23 bits per heavy atom. The number of hydrogen-bond donors (Lipinski definition) is 1. The molecule has 2 aliphatic heterocycles. The summed E-state index contributed by atoms with van der Waals surface area (Å²) in [5.74, 6) is -2.29. The van der Waals surface area contributed by atoms with Gasteiger partial charge in [-0.05, 0) is 19.4 Å². The largest absolute Gasteiger partial charge is 0.459 e. The number of β-lactam (4-membered cyclic amide) rings is 1. The third-order valence-electron chi connectivity index (χ3n) is 4.49. The zero-order chi connectivity index (χ0) is 19.1. The van der Waals surface area contributed by atoms with E-state index in [4.69, 9.17) is 4.74 Å². The van der Waals surface area contributed by atoms with Crippen LogP contribution in [0.2, 0.25) is 0 Å². The number of fused-ring (bicyclic) bond motifs is 1. The molecule has 1 aromatic carbocycles. The Kier molecular flexibility index (Phi) is 4.79. The normalized spacial score (nSPS) is 25.9. The molecule has 0 saturated carbocycles. The molecule has 2 amide bonds. The van der Waals surface area contributed by atoms with Crippen LogP contribution in [0.3, 0.4) is 0 Å². The monoisotopic (exact) mass is 376 g/mol. The van der Waals surface area contributed by atoms with E-state index in [9.17, 15) is 19.2 Å². The summed E-state index contributed by atoms with van der Waals surface area (Å²) >= 11 is 1.42. The van der Waals surface area contributed by atoms with Gasteiger partial charge in [0.2, 0.25) is 11.7 Å².